The Morgan fingerprint density at radius 1 is 1.00 bits per heavy atom. The molecule has 25 heavy (non-hydrogen) atoms. The molecular weight excluding hydrogens is 389 g/mol. The van der Waals surface area contributed by atoms with Crippen molar-refractivity contribution in [1.29, 1.82) is 0 Å². The number of rotatable bonds is 6. The molecule has 0 radical (unpaired) electrons. The van der Waals surface area contributed by atoms with Crippen LogP contribution in [0.15, 0.2) is 36.4 Å². The smallest absolute Gasteiger partial charge is 0.344 e. The monoisotopic (exact) mass is 401 g/mol. The van der Waals surface area contributed by atoms with Crippen LogP contribution in [-0.4, -0.2) is 25.1 Å². The Labute approximate surface area is 159 Å². The zero-order chi connectivity index (χ0) is 18.4. The zero-order valence-electron chi connectivity index (χ0n) is 13.1. The van der Waals surface area contributed by atoms with Crippen LogP contribution in [0.3, 0.4) is 0 Å². The Bertz CT molecular complexity index is 795. The third-order valence-corrected chi connectivity index (χ3v) is 3.85. The molecule has 2 aromatic carbocycles. The summed E-state index contributed by atoms with van der Waals surface area (Å²) >= 11 is 17.7. The summed E-state index contributed by atoms with van der Waals surface area (Å²) in [5.41, 5.74) is 1.41. The fourth-order valence-electron chi connectivity index (χ4n) is 1.82. The number of nitrogens with one attached hydrogen (secondary N) is 1. The summed E-state index contributed by atoms with van der Waals surface area (Å²) in [6.45, 7) is 1.03. The van der Waals surface area contributed by atoms with Gasteiger partial charge in [0.1, 0.15) is 5.75 Å². The van der Waals surface area contributed by atoms with Gasteiger partial charge in [-0.15, -0.1) is 0 Å². The molecule has 0 heterocycles. The van der Waals surface area contributed by atoms with Crippen molar-refractivity contribution in [2.24, 2.45) is 0 Å². The summed E-state index contributed by atoms with van der Waals surface area (Å²) in [4.78, 5) is 23.4. The van der Waals surface area contributed by atoms with Gasteiger partial charge in [0.25, 0.3) is 5.91 Å². The molecule has 8 heteroatoms. The van der Waals surface area contributed by atoms with Gasteiger partial charge < -0.3 is 14.8 Å². The molecule has 132 valence electrons. The molecule has 0 aliphatic carbocycles. The van der Waals surface area contributed by atoms with E-state index in [4.69, 9.17) is 44.3 Å². The van der Waals surface area contributed by atoms with E-state index in [-0.39, 0.29) is 11.6 Å². The molecular formula is C17H14Cl3NO4. The predicted molar refractivity (Wildman–Crippen MR) is 97.7 cm³/mol. The first kappa shape index (κ1) is 19.4. The zero-order valence-corrected chi connectivity index (χ0v) is 15.4. The normalized spacial score (nSPS) is 10.2. The third-order valence-electron chi connectivity index (χ3n) is 3.00. The van der Waals surface area contributed by atoms with Gasteiger partial charge in [0.05, 0.1) is 15.7 Å². The summed E-state index contributed by atoms with van der Waals surface area (Å²) in [5, 5.41) is 3.68. The number of benzene rings is 2. The fraction of sp³-hybridized carbons (Fsp3) is 0.176. The highest BCUT2D eigenvalue weighted by atomic mass is 35.5. The second-order valence-electron chi connectivity index (χ2n) is 5.06. The van der Waals surface area contributed by atoms with Crippen LogP contribution in [0.4, 0.5) is 5.69 Å². The van der Waals surface area contributed by atoms with Gasteiger partial charge in [-0.1, -0.05) is 40.9 Å². The largest absolute Gasteiger partial charge is 0.480 e. The Morgan fingerprint density at radius 2 is 1.76 bits per heavy atom. The lowest BCUT2D eigenvalue weighted by molar-refractivity contribution is -0.149. The molecule has 0 fully saturated rings. The third kappa shape index (κ3) is 6.12. The molecule has 0 aromatic heterocycles. The summed E-state index contributed by atoms with van der Waals surface area (Å²) in [5.74, 6) is -0.932. The lowest BCUT2D eigenvalue weighted by atomic mass is 10.2. The molecule has 0 atom stereocenters. The van der Waals surface area contributed by atoms with E-state index in [1.807, 2.05) is 6.92 Å². The maximum absolute atomic E-state index is 11.8. The van der Waals surface area contributed by atoms with Crippen LogP contribution < -0.4 is 10.1 Å². The van der Waals surface area contributed by atoms with Crippen LogP contribution in [0.2, 0.25) is 15.1 Å². The van der Waals surface area contributed by atoms with Crippen molar-refractivity contribution in [3.05, 3.63) is 57.0 Å². The topological polar surface area (TPSA) is 64.6 Å². The highest BCUT2D eigenvalue weighted by Gasteiger charge is 2.11. The average Bonchev–Trinajstić information content (AvgIpc) is 2.55. The second kappa shape index (κ2) is 8.94. The number of hydrogen-bond acceptors (Lipinski definition) is 4. The number of esters is 1. The van der Waals surface area contributed by atoms with Crippen LogP contribution in [0, 0.1) is 6.92 Å². The Morgan fingerprint density at radius 3 is 2.44 bits per heavy atom. The standard InChI is InChI=1S/C17H14Cl3NO4/c1-10-2-4-14(12(19)6-10)21-16(22)8-25-17(23)9-24-15-5-3-11(18)7-13(15)20/h2-7H,8-9H2,1H3,(H,21,22). The molecule has 0 aliphatic heterocycles. The predicted octanol–water partition coefficient (Wildman–Crippen LogP) is 4.52. The lowest BCUT2D eigenvalue weighted by Crippen LogP contribution is -2.23. The van der Waals surface area contributed by atoms with Gasteiger partial charge in [-0.05, 0) is 42.8 Å². The minimum Gasteiger partial charge on any atom is -0.480 e. The first-order chi connectivity index (χ1) is 11.8. The Balaban J connectivity index is 1.78. The highest BCUT2D eigenvalue weighted by Crippen LogP contribution is 2.27. The number of ether oxygens (including phenoxy) is 2. The van der Waals surface area contributed by atoms with Crippen LogP contribution in [-0.2, 0) is 14.3 Å². The maximum atomic E-state index is 11.8. The molecule has 0 saturated carbocycles. The van der Waals surface area contributed by atoms with E-state index in [1.54, 1.807) is 24.3 Å². The first-order valence-corrected chi connectivity index (χ1v) is 8.28. The Hall–Kier alpha value is -1.95. The number of aryl methyl sites for hydroxylation is 1. The molecule has 1 amide bonds. The number of carbonyl (C=O) groups is 2. The van der Waals surface area contributed by atoms with Gasteiger partial charge in [-0.25, -0.2) is 4.79 Å². The maximum Gasteiger partial charge on any atom is 0.344 e. The van der Waals surface area contributed by atoms with Crippen LogP contribution in [0.5, 0.6) is 5.75 Å². The quantitative estimate of drug-likeness (QED) is 0.722. The molecule has 0 spiro atoms. The van der Waals surface area contributed by atoms with Crippen molar-refractivity contribution in [2.45, 2.75) is 6.92 Å². The van der Waals surface area contributed by atoms with Crippen LogP contribution >= 0.6 is 34.8 Å². The van der Waals surface area contributed by atoms with Gasteiger partial charge in [0.2, 0.25) is 0 Å². The summed E-state index contributed by atoms with van der Waals surface area (Å²) in [6.07, 6.45) is 0. The van der Waals surface area contributed by atoms with Gasteiger partial charge in [-0.3, -0.25) is 4.79 Å². The van der Waals surface area contributed by atoms with E-state index in [9.17, 15) is 9.59 Å². The molecule has 2 aromatic rings. The highest BCUT2D eigenvalue weighted by molar-refractivity contribution is 6.35. The minimum atomic E-state index is -0.712. The van der Waals surface area contributed by atoms with Crippen LogP contribution in [0.25, 0.3) is 0 Å². The molecule has 0 bridgehead atoms. The number of hydrogen-bond donors (Lipinski definition) is 1. The SMILES string of the molecule is Cc1ccc(NC(=O)COC(=O)COc2ccc(Cl)cc2Cl)c(Cl)c1. The number of carbonyl (C=O) groups excluding carboxylic acids is 2. The molecule has 2 rings (SSSR count). The molecule has 0 saturated heterocycles. The van der Waals surface area contributed by atoms with Crippen LogP contribution in [0.1, 0.15) is 5.56 Å². The van der Waals surface area contributed by atoms with Crippen molar-refractivity contribution in [1.82, 2.24) is 0 Å². The summed E-state index contributed by atoms with van der Waals surface area (Å²) < 4.78 is 10.1. The van der Waals surface area contributed by atoms with E-state index < -0.39 is 18.5 Å². The first-order valence-electron chi connectivity index (χ1n) is 7.14. The van der Waals surface area contributed by atoms with E-state index in [0.29, 0.717) is 21.5 Å². The average molecular weight is 403 g/mol. The van der Waals surface area contributed by atoms with Crippen molar-refractivity contribution in [2.75, 3.05) is 18.5 Å². The molecule has 5 nitrogen and oxygen atoms in total. The number of halogens is 3. The van der Waals surface area contributed by atoms with E-state index >= 15 is 0 Å². The summed E-state index contributed by atoms with van der Waals surface area (Å²) in [7, 11) is 0. The number of anilines is 1. The molecule has 0 aliphatic rings. The van der Waals surface area contributed by atoms with Gasteiger partial charge in [0.15, 0.2) is 13.2 Å². The Kier molecular flexibility index (Phi) is 6.93. The van der Waals surface area contributed by atoms with Crippen molar-refractivity contribution < 1.29 is 19.1 Å². The lowest BCUT2D eigenvalue weighted by Gasteiger charge is -2.10. The van der Waals surface area contributed by atoms with Gasteiger partial charge in [-0.2, -0.15) is 0 Å². The van der Waals surface area contributed by atoms with E-state index in [2.05, 4.69) is 5.32 Å². The van der Waals surface area contributed by atoms with E-state index in [1.165, 1.54) is 12.1 Å². The summed E-state index contributed by atoms with van der Waals surface area (Å²) in [6, 6.07) is 9.78. The number of amides is 1. The molecule has 0 unspecified atom stereocenters. The fourth-order valence-corrected chi connectivity index (χ4v) is 2.57. The van der Waals surface area contributed by atoms with Crippen molar-refractivity contribution in [3.63, 3.8) is 0 Å². The van der Waals surface area contributed by atoms with Gasteiger partial charge >= 0.3 is 5.97 Å². The minimum absolute atomic E-state index is 0.270. The van der Waals surface area contributed by atoms with Crippen molar-refractivity contribution in [3.8, 4) is 5.75 Å². The van der Waals surface area contributed by atoms with Gasteiger partial charge in [0, 0.05) is 5.02 Å². The van der Waals surface area contributed by atoms with E-state index in [0.717, 1.165) is 5.56 Å². The molecule has 1 N–H and O–H groups in total. The van der Waals surface area contributed by atoms with Crippen molar-refractivity contribution >= 4 is 52.4 Å². The second-order valence-corrected chi connectivity index (χ2v) is 6.31.